The number of hydrogen-bond donors (Lipinski definition) is 1. The molecule has 3 rings (SSSR count). The van der Waals surface area contributed by atoms with Crippen LogP contribution < -0.4 is 14.8 Å². The molecular weight excluding hydrogens is 370 g/mol. The predicted molar refractivity (Wildman–Crippen MR) is 110 cm³/mol. The van der Waals surface area contributed by atoms with Crippen LogP contribution in [0.3, 0.4) is 0 Å². The highest BCUT2D eigenvalue weighted by atomic mass is 16.5. The number of methoxy groups -OCH3 is 1. The predicted octanol–water partition coefficient (Wildman–Crippen LogP) is 3.68. The molecule has 1 N–H and O–H groups in total. The van der Waals surface area contributed by atoms with Gasteiger partial charge in [0.1, 0.15) is 5.54 Å². The molecule has 1 saturated heterocycles. The van der Waals surface area contributed by atoms with Gasteiger partial charge < -0.3 is 14.8 Å². The van der Waals surface area contributed by atoms with E-state index in [1.165, 1.54) is 6.21 Å². The van der Waals surface area contributed by atoms with Crippen LogP contribution in [-0.4, -0.2) is 36.9 Å². The highest BCUT2D eigenvalue weighted by molar-refractivity contribution is 6.07. The van der Waals surface area contributed by atoms with Crippen LogP contribution >= 0.6 is 0 Å². The van der Waals surface area contributed by atoms with Gasteiger partial charge in [-0.2, -0.15) is 5.10 Å². The first-order valence-electron chi connectivity index (χ1n) is 9.62. The molecule has 2 aromatic carbocycles. The molecule has 7 heteroatoms. The van der Waals surface area contributed by atoms with Crippen molar-refractivity contribution in [2.45, 2.75) is 32.2 Å². The second-order valence-electron chi connectivity index (χ2n) is 6.68. The van der Waals surface area contributed by atoms with Gasteiger partial charge in [0.25, 0.3) is 5.91 Å². The van der Waals surface area contributed by atoms with Gasteiger partial charge in [0, 0.05) is 0 Å². The molecule has 1 atom stereocenters. The normalized spacial score (nSPS) is 18.9. The summed E-state index contributed by atoms with van der Waals surface area (Å²) in [6.45, 7) is 4.43. The number of urea groups is 1. The lowest BCUT2D eigenvalue weighted by Crippen LogP contribution is -2.43. The van der Waals surface area contributed by atoms with Crippen LogP contribution in [0.15, 0.2) is 53.6 Å². The summed E-state index contributed by atoms with van der Waals surface area (Å²) in [4.78, 5) is 25.6. The Morgan fingerprint density at radius 1 is 1.10 bits per heavy atom. The van der Waals surface area contributed by atoms with E-state index in [4.69, 9.17) is 9.47 Å². The summed E-state index contributed by atoms with van der Waals surface area (Å²) >= 11 is 0. The topological polar surface area (TPSA) is 80.2 Å². The molecular formula is C22H25N3O4. The van der Waals surface area contributed by atoms with Gasteiger partial charge in [-0.15, -0.1) is 5.01 Å². The number of hydrogen-bond acceptors (Lipinski definition) is 5. The monoisotopic (exact) mass is 395 g/mol. The molecule has 0 radical (unpaired) electrons. The van der Waals surface area contributed by atoms with Crippen LogP contribution in [0.5, 0.6) is 11.5 Å². The number of rotatable bonds is 8. The van der Waals surface area contributed by atoms with Gasteiger partial charge in [0.2, 0.25) is 0 Å². The minimum Gasteiger partial charge on any atom is -0.493 e. The number of carbonyl (C=O) groups excluding carboxylic acids is 2. The van der Waals surface area contributed by atoms with Gasteiger partial charge in [0.15, 0.2) is 11.5 Å². The zero-order chi connectivity index (χ0) is 20.9. The molecule has 1 aliphatic heterocycles. The second-order valence-corrected chi connectivity index (χ2v) is 6.68. The Balaban J connectivity index is 1.86. The lowest BCUT2D eigenvalue weighted by Gasteiger charge is -2.24. The van der Waals surface area contributed by atoms with Gasteiger partial charge in [-0.25, -0.2) is 4.79 Å². The highest BCUT2D eigenvalue weighted by Gasteiger charge is 2.51. The van der Waals surface area contributed by atoms with Crippen molar-refractivity contribution in [1.29, 1.82) is 0 Å². The second kappa shape index (κ2) is 8.77. The van der Waals surface area contributed by atoms with E-state index in [2.05, 4.69) is 10.4 Å². The quantitative estimate of drug-likeness (QED) is 0.546. The van der Waals surface area contributed by atoms with Gasteiger partial charge in [-0.05, 0) is 42.2 Å². The Morgan fingerprint density at radius 2 is 1.86 bits per heavy atom. The molecule has 29 heavy (non-hydrogen) atoms. The summed E-state index contributed by atoms with van der Waals surface area (Å²) in [5.41, 5.74) is 0.315. The smallest absolute Gasteiger partial charge is 0.346 e. The SMILES string of the molecule is CCCOc1cc(/C=N\N2C(=O)N[C@](CC)(c3ccccc3)C2=O)ccc1OC. The maximum Gasteiger partial charge on any atom is 0.346 e. The number of carbonyl (C=O) groups is 2. The van der Waals surface area contributed by atoms with E-state index in [0.29, 0.717) is 30.1 Å². The largest absolute Gasteiger partial charge is 0.493 e. The molecule has 0 saturated carbocycles. The van der Waals surface area contributed by atoms with Crippen molar-refractivity contribution in [3.05, 3.63) is 59.7 Å². The Morgan fingerprint density at radius 3 is 2.52 bits per heavy atom. The molecule has 2 aromatic rings. The average molecular weight is 395 g/mol. The van der Waals surface area contributed by atoms with E-state index < -0.39 is 17.5 Å². The van der Waals surface area contributed by atoms with E-state index in [0.717, 1.165) is 17.0 Å². The van der Waals surface area contributed by atoms with E-state index in [-0.39, 0.29) is 0 Å². The molecule has 7 nitrogen and oxygen atoms in total. The first-order chi connectivity index (χ1) is 14.1. The summed E-state index contributed by atoms with van der Waals surface area (Å²) < 4.78 is 11.0. The summed E-state index contributed by atoms with van der Waals surface area (Å²) in [6, 6.07) is 14.0. The number of nitrogens with zero attached hydrogens (tertiary/aromatic N) is 2. The van der Waals surface area contributed by atoms with Crippen LogP contribution in [-0.2, 0) is 10.3 Å². The van der Waals surface area contributed by atoms with Gasteiger partial charge in [-0.1, -0.05) is 44.2 Å². The molecule has 1 aliphatic rings. The summed E-state index contributed by atoms with van der Waals surface area (Å²) in [5, 5.41) is 7.84. The third kappa shape index (κ3) is 3.94. The van der Waals surface area contributed by atoms with Crippen molar-refractivity contribution in [3.63, 3.8) is 0 Å². The molecule has 1 heterocycles. The number of imide groups is 1. The lowest BCUT2D eigenvalue weighted by molar-refractivity contribution is -0.131. The Hall–Kier alpha value is -3.35. The maximum atomic E-state index is 13.1. The van der Waals surface area contributed by atoms with Crippen molar-refractivity contribution in [3.8, 4) is 11.5 Å². The van der Waals surface area contributed by atoms with E-state index >= 15 is 0 Å². The van der Waals surface area contributed by atoms with Gasteiger partial charge >= 0.3 is 6.03 Å². The molecule has 152 valence electrons. The fourth-order valence-electron chi connectivity index (χ4n) is 3.25. The van der Waals surface area contributed by atoms with Gasteiger partial charge in [0.05, 0.1) is 19.9 Å². The zero-order valence-corrected chi connectivity index (χ0v) is 16.8. The number of ether oxygens (including phenoxy) is 2. The standard InChI is InChI=1S/C22H25N3O4/c1-4-13-29-19-14-16(11-12-18(19)28-3)15-23-25-20(26)22(5-2,24-21(25)27)17-9-7-6-8-10-17/h6-12,14-15H,4-5,13H2,1-3H3,(H,24,27)/b23-15-/t22-/m1/s1. The maximum absolute atomic E-state index is 13.1. The Bertz CT molecular complexity index is 914. The van der Waals surface area contributed by atoms with Crippen LogP contribution in [0.4, 0.5) is 4.79 Å². The molecule has 0 bridgehead atoms. The third-order valence-corrected chi connectivity index (χ3v) is 4.84. The van der Waals surface area contributed by atoms with E-state index in [9.17, 15) is 9.59 Å². The molecule has 0 aliphatic carbocycles. The summed E-state index contributed by atoms with van der Waals surface area (Å²) in [7, 11) is 1.57. The first kappa shape index (κ1) is 20.4. The zero-order valence-electron chi connectivity index (χ0n) is 16.8. The van der Waals surface area contributed by atoms with Gasteiger partial charge in [-0.3, -0.25) is 4.79 Å². The van der Waals surface area contributed by atoms with E-state index in [1.54, 1.807) is 25.3 Å². The highest BCUT2D eigenvalue weighted by Crippen LogP contribution is 2.32. The van der Waals surface area contributed by atoms with Crippen molar-refractivity contribution < 1.29 is 19.1 Å². The van der Waals surface area contributed by atoms with Crippen LogP contribution in [0, 0.1) is 0 Å². The number of nitrogens with one attached hydrogen (secondary N) is 1. The third-order valence-electron chi connectivity index (χ3n) is 4.84. The Labute approximate surface area is 170 Å². The van der Waals surface area contributed by atoms with Crippen LogP contribution in [0.1, 0.15) is 37.8 Å². The summed E-state index contributed by atoms with van der Waals surface area (Å²) in [6.07, 6.45) is 2.75. The average Bonchev–Trinajstić information content (AvgIpc) is 3.01. The number of hydrazone groups is 1. The molecule has 1 fully saturated rings. The minimum absolute atomic E-state index is 0.400. The summed E-state index contributed by atoms with van der Waals surface area (Å²) in [5.74, 6) is 0.797. The first-order valence-corrected chi connectivity index (χ1v) is 9.62. The lowest BCUT2D eigenvalue weighted by atomic mass is 9.87. The molecule has 0 unspecified atom stereocenters. The van der Waals surface area contributed by atoms with Crippen molar-refractivity contribution in [1.82, 2.24) is 10.3 Å². The number of amides is 3. The fraction of sp³-hybridized carbons (Fsp3) is 0.318. The molecule has 0 spiro atoms. The van der Waals surface area contributed by atoms with Crippen LogP contribution in [0.2, 0.25) is 0 Å². The van der Waals surface area contributed by atoms with E-state index in [1.807, 2.05) is 44.2 Å². The fourth-order valence-corrected chi connectivity index (χ4v) is 3.25. The molecule has 0 aromatic heterocycles. The Kier molecular flexibility index (Phi) is 6.16. The van der Waals surface area contributed by atoms with Crippen molar-refractivity contribution in [2.24, 2.45) is 5.10 Å². The van der Waals surface area contributed by atoms with Crippen molar-refractivity contribution in [2.75, 3.05) is 13.7 Å². The van der Waals surface area contributed by atoms with Crippen LogP contribution in [0.25, 0.3) is 0 Å². The van der Waals surface area contributed by atoms with Crippen molar-refractivity contribution >= 4 is 18.2 Å². The minimum atomic E-state index is -1.11. The molecule has 3 amide bonds. The number of benzene rings is 2.